The van der Waals surface area contributed by atoms with Gasteiger partial charge in [0.05, 0.1) is 0 Å². The predicted molar refractivity (Wildman–Crippen MR) is 140 cm³/mol. The van der Waals surface area contributed by atoms with E-state index in [4.69, 9.17) is 0 Å². The third-order valence-electron chi connectivity index (χ3n) is 6.23. The molecule has 3 nitrogen and oxygen atoms in total. The number of unbranched alkanes of at least 4 members (excludes halogenated alkanes) is 1. The highest BCUT2D eigenvalue weighted by Crippen LogP contribution is 2.21. The lowest BCUT2D eigenvalue weighted by atomic mass is 10.0. The molecule has 0 saturated carbocycles. The minimum atomic E-state index is 0.108. The first-order valence-electron chi connectivity index (χ1n) is 12.2. The summed E-state index contributed by atoms with van der Waals surface area (Å²) in [5, 5.41) is 0. The zero-order chi connectivity index (χ0) is 23.6. The maximum absolute atomic E-state index is 13.5. The van der Waals surface area contributed by atoms with Crippen LogP contribution in [0.1, 0.15) is 53.7 Å². The van der Waals surface area contributed by atoms with Gasteiger partial charge in [-0.3, -0.25) is 4.79 Å². The molecule has 0 aliphatic heterocycles. The maximum atomic E-state index is 13.5. The zero-order valence-corrected chi connectivity index (χ0v) is 20.7. The Kier molecular flexibility index (Phi) is 9.26. The Labute approximate surface area is 200 Å². The van der Waals surface area contributed by atoms with Crippen LogP contribution in [-0.2, 0) is 6.54 Å². The van der Waals surface area contributed by atoms with E-state index in [2.05, 4.69) is 75.1 Å². The van der Waals surface area contributed by atoms with Crippen molar-refractivity contribution >= 4 is 5.91 Å². The number of carbonyl (C=O) groups excluding carboxylic acids is 1. The summed E-state index contributed by atoms with van der Waals surface area (Å²) in [7, 11) is 0. The van der Waals surface area contributed by atoms with Crippen molar-refractivity contribution in [1.82, 2.24) is 9.80 Å². The van der Waals surface area contributed by atoms with Gasteiger partial charge in [-0.15, -0.1) is 0 Å². The van der Waals surface area contributed by atoms with E-state index in [0.717, 1.165) is 50.1 Å². The van der Waals surface area contributed by atoms with E-state index in [1.165, 1.54) is 22.3 Å². The summed E-state index contributed by atoms with van der Waals surface area (Å²) in [5.41, 5.74) is 6.73. The van der Waals surface area contributed by atoms with Gasteiger partial charge in [-0.05, 0) is 75.1 Å². The first-order chi connectivity index (χ1) is 16.0. The fourth-order valence-electron chi connectivity index (χ4n) is 4.43. The number of nitrogens with zero attached hydrogens (tertiary/aromatic N) is 2. The highest BCUT2D eigenvalue weighted by Gasteiger charge is 2.17. The van der Waals surface area contributed by atoms with E-state index >= 15 is 0 Å². The summed E-state index contributed by atoms with van der Waals surface area (Å²) >= 11 is 0. The first-order valence-corrected chi connectivity index (χ1v) is 12.2. The minimum absolute atomic E-state index is 0.108. The lowest BCUT2D eigenvalue weighted by molar-refractivity contribution is 0.0738. The Balaban J connectivity index is 1.74. The topological polar surface area (TPSA) is 23.6 Å². The summed E-state index contributed by atoms with van der Waals surface area (Å²) in [6, 6.07) is 24.9. The van der Waals surface area contributed by atoms with Crippen LogP contribution in [0.15, 0.2) is 72.8 Å². The average Bonchev–Trinajstić information content (AvgIpc) is 2.83. The van der Waals surface area contributed by atoms with Gasteiger partial charge in [-0.2, -0.15) is 0 Å². The second-order valence-corrected chi connectivity index (χ2v) is 8.90. The molecule has 0 aliphatic carbocycles. The lowest BCUT2D eigenvalue weighted by Crippen LogP contribution is -2.32. The highest BCUT2D eigenvalue weighted by molar-refractivity contribution is 5.94. The van der Waals surface area contributed by atoms with Crippen molar-refractivity contribution in [1.29, 1.82) is 0 Å². The molecule has 3 aromatic rings. The Hall–Kier alpha value is -2.91. The largest absolute Gasteiger partial charge is 0.334 e. The van der Waals surface area contributed by atoms with Crippen molar-refractivity contribution in [2.45, 2.75) is 47.1 Å². The van der Waals surface area contributed by atoms with Crippen LogP contribution in [0.4, 0.5) is 0 Å². The van der Waals surface area contributed by atoms with E-state index in [1.54, 1.807) is 0 Å². The average molecular weight is 443 g/mol. The van der Waals surface area contributed by atoms with Crippen LogP contribution in [0.2, 0.25) is 0 Å². The summed E-state index contributed by atoms with van der Waals surface area (Å²) in [4.78, 5) is 18.0. The third-order valence-corrected chi connectivity index (χ3v) is 6.23. The fraction of sp³-hybridized carbons (Fsp3) is 0.367. The van der Waals surface area contributed by atoms with E-state index in [0.29, 0.717) is 6.54 Å². The molecule has 3 heteroatoms. The molecule has 0 unspecified atom stereocenters. The monoisotopic (exact) mass is 442 g/mol. The smallest absolute Gasteiger partial charge is 0.254 e. The van der Waals surface area contributed by atoms with Crippen molar-refractivity contribution in [3.63, 3.8) is 0 Å². The SMILES string of the molecule is CCN(CC)CCCCN(Cc1cc(C)cc(C)c1)C(=O)c1ccc(-c2ccccc2)cc1. The quantitative estimate of drug-likeness (QED) is 0.307. The molecule has 0 bridgehead atoms. The molecule has 0 spiro atoms. The van der Waals surface area contributed by atoms with Gasteiger partial charge in [0.1, 0.15) is 0 Å². The van der Waals surface area contributed by atoms with Gasteiger partial charge in [0, 0.05) is 18.7 Å². The van der Waals surface area contributed by atoms with Crippen molar-refractivity contribution in [2.75, 3.05) is 26.2 Å². The second kappa shape index (κ2) is 12.4. The Morgan fingerprint density at radius 2 is 1.30 bits per heavy atom. The number of hydrogen-bond acceptors (Lipinski definition) is 2. The van der Waals surface area contributed by atoms with Gasteiger partial charge >= 0.3 is 0 Å². The third kappa shape index (κ3) is 7.30. The van der Waals surface area contributed by atoms with Crippen LogP contribution in [-0.4, -0.2) is 41.9 Å². The summed E-state index contributed by atoms with van der Waals surface area (Å²) in [6.07, 6.45) is 2.11. The molecule has 3 rings (SSSR count). The molecule has 1 amide bonds. The molecule has 33 heavy (non-hydrogen) atoms. The van der Waals surface area contributed by atoms with E-state index in [9.17, 15) is 4.79 Å². The Bertz CT molecular complexity index is 987. The summed E-state index contributed by atoms with van der Waals surface area (Å²) in [6.45, 7) is 13.3. The Morgan fingerprint density at radius 1 is 0.727 bits per heavy atom. The fourth-order valence-corrected chi connectivity index (χ4v) is 4.43. The van der Waals surface area contributed by atoms with Crippen LogP contribution in [0, 0.1) is 13.8 Å². The number of carbonyl (C=O) groups is 1. The number of rotatable bonds is 11. The predicted octanol–water partition coefficient (Wildman–Crippen LogP) is 6.73. The normalized spacial score (nSPS) is 11.1. The maximum Gasteiger partial charge on any atom is 0.254 e. The van der Waals surface area contributed by atoms with E-state index in [-0.39, 0.29) is 5.91 Å². The minimum Gasteiger partial charge on any atom is -0.334 e. The summed E-state index contributed by atoms with van der Waals surface area (Å²) < 4.78 is 0. The number of aryl methyl sites for hydroxylation is 2. The van der Waals surface area contributed by atoms with Crippen LogP contribution in [0.25, 0.3) is 11.1 Å². The van der Waals surface area contributed by atoms with Gasteiger partial charge in [-0.25, -0.2) is 0 Å². The molecule has 174 valence electrons. The molecule has 0 atom stereocenters. The number of hydrogen-bond donors (Lipinski definition) is 0. The van der Waals surface area contributed by atoms with Gasteiger partial charge in [0.25, 0.3) is 5.91 Å². The van der Waals surface area contributed by atoms with Gasteiger partial charge in [0.15, 0.2) is 0 Å². The van der Waals surface area contributed by atoms with E-state index < -0.39 is 0 Å². The van der Waals surface area contributed by atoms with Gasteiger partial charge in [-0.1, -0.05) is 85.6 Å². The zero-order valence-electron chi connectivity index (χ0n) is 20.7. The highest BCUT2D eigenvalue weighted by atomic mass is 16.2. The molecule has 0 aliphatic rings. The standard InChI is InChI=1S/C30H38N2O/c1-5-31(6-2)18-10-11-19-32(23-26-21-24(3)20-25(4)22-26)30(33)29-16-14-28(15-17-29)27-12-8-7-9-13-27/h7-9,12-17,20-22H,5-6,10-11,18-19,23H2,1-4H3. The van der Waals surface area contributed by atoms with Crippen molar-refractivity contribution < 1.29 is 4.79 Å². The molecular formula is C30H38N2O. The molecule has 0 saturated heterocycles. The molecule has 0 N–H and O–H groups in total. The van der Waals surface area contributed by atoms with Crippen LogP contribution in [0.3, 0.4) is 0 Å². The lowest BCUT2D eigenvalue weighted by Gasteiger charge is -2.25. The van der Waals surface area contributed by atoms with Crippen LogP contribution < -0.4 is 0 Å². The molecule has 0 fully saturated rings. The number of amides is 1. The van der Waals surface area contributed by atoms with Crippen molar-refractivity contribution in [3.05, 3.63) is 95.1 Å². The molecule has 3 aromatic carbocycles. The molecule has 0 heterocycles. The first kappa shape index (κ1) is 24.7. The molecular weight excluding hydrogens is 404 g/mol. The molecule has 0 aromatic heterocycles. The number of benzene rings is 3. The van der Waals surface area contributed by atoms with Crippen LogP contribution in [0.5, 0.6) is 0 Å². The van der Waals surface area contributed by atoms with Gasteiger partial charge < -0.3 is 9.80 Å². The van der Waals surface area contributed by atoms with Crippen molar-refractivity contribution in [3.8, 4) is 11.1 Å². The van der Waals surface area contributed by atoms with E-state index in [1.807, 2.05) is 35.2 Å². The van der Waals surface area contributed by atoms with Crippen LogP contribution >= 0.6 is 0 Å². The molecule has 0 radical (unpaired) electrons. The second-order valence-electron chi connectivity index (χ2n) is 8.90. The Morgan fingerprint density at radius 3 is 1.91 bits per heavy atom. The van der Waals surface area contributed by atoms with Gasteiger partial charge in [0.2, 0.25) is 0 Å². The van der Waals surface area contributed by atoms with Crippen molar-refractivity contribution in [2.24, 2.45) is 0 Å². The summed E-state index contributed by atoms with van der Waals surface area (Å²) in [5.74, 6) is 0.108.